The van der Waals surface area contributed by atoms with Gasteiger partial charge in [-0.05, 0) is 85.5 Å². The van der Waals surface area contributed by atoms with E-state index in [-0.39, 0.29) is 28.2 Å². The molecule has 1 unspecified atom stereocenters. The highest BCUT2D eigenvalue weighted by molar-refractivity contribution is 7.92. The van der Waals surface area contributed by atoms with Gasteiger partial charge in [0.1, 0.15) is 0 Å². The summed E-state index contributed by atoms with van der Waals surface area (Å²) >= 11 is 0. The minimum absolute atomic E-state index is 0.0593. The molecule has 236 valence electrons. The number of carboxylic acid groups (broad SMARTS) is 1. The molecule has 0 aliphatic heterocycles. The number of carbonyl (C=O) groups is 2. The smallest absolute Gasteiger partial charge is 0.411 e. The third-order valence-corrected chi connectivity index (χ3v) is 10.1. The molecular weight excluding hydrogens is 598 g/mol. The monoisotopic (exact) mass is 633 g/mol. The lowest BCUT2D eigenvalue weighted by Crippen LogP contribution is -2.21. The van der Waals surface area contributed by atoms with Gasteiger partial charge < -0.3 is 25.5 Å². The number of sulfone groups is 1. The molecule has 3 aromatic carbocycles. The van der Waals surface area contributed by atoms with E-state index in [1.165, 1.54) is 12.4 Å². The number of nitrogens with one attached hydrogen (secondary N) is 4. The number of aromatic nitrogens is 2. The zero-order valence-corrected chi connectivity index (χ0v) is 25.9. The van der Waals surface area contributed by atoms with Crippen LogP contribution in [0.2, 0.25) is 0 Å². The molecule has 0 radical (unpaired) electrons. The maximum Gasteiger partial charge on any atom is 0.411 e. The van der Waals surface area contributed by atoms with Crippen molar-refractivity contribution in [1.29, 1.82) is 0 Å². The van der Waals surface area contributed by atoms with Gasteiger partial charge >= 0.3 is 12.1 Å². The number of aryl methyl sites for hydroxylation is 1. The first-order valence-electron chi connectivity index (χ1n) is 14.5. The van der Waals surface area contributed by atoms with Gasteiger partial charge in [-0.15, -0.1) is 0 Å². The molecule has 1 aliphatic rings. The Labute approximate surface area is 260 Å². The maximum atomic E-state index is 12.8. The van der Waals surface area contributed by atoms with Gasteiger partial charge in [-0.25, -0.2) is 23.0 Å². The molecule has 45 heavy (non-hydrogen) atoms. The number of H-pyrrole nitrogens is 1. The Morgan fingerprint density at radius 1 is 1.09 bits per heavy atom. The number of nitrogens with zero attached hydrogens (tertiary/aromatic N) is 1. The van der Waals surface area contributed by atoms with E-state index < -0.39 is 27.9 Å². The first-order valence-corrected chi connectivity index (χ1v) is 16.0. The summed E-state index contributed by atoms with van der Waals surface area (Å²) in [6.45, 7) is 4.14. The highest BCUT2D eigenvalue weighted by Gasteiger charge is 2.38. The molecule has 1 heterocycles. The summed E-state index contributed by atoms with van der Waals surface area (Å²) in [5.74, 6) is -1.29. The Hall–Kier alpha value is -4.75. The standard InChI is InChI=1S/C32H35N5O7S/c1-18-12-20(29(31(39)40)36-23-5-10-27-26(14-23)30(38)35-17-34-27)4-9-25(18)19(2)16-44-32(41)37-22-6-11-28(21(13-22)15-33-3)45(42,43)24-7-8-24/h4-6,9-14,17,19,24,29,33,36H,7-8,15-16H2,1-3H3,(H,37,41)(H,39,40)(H,34,35,38)/t19-,29?/m0/s1. The van der Waals surface area contributed by atoms with Crippen LogP contribution < -0.4 is 21.5 Å². The van der Waals surface area contributed by atoms with Gasteiger partial charge in [0.05, 0.1) is 34.0 Å². The van der Waals surface area contributed by atoms with Crippen LogP contribution in [-0.4, -0.2) is 54.5 Å². The first kappa shape index (κ1) is 31.7. The summed E-state index contributed by atoms with van der Waals surface area (Å²) in [6.07, 6.45) is 1.96. The topological polar surface area (TPSA) is 180 Å². The van der Waals surface area contributed by atoms with Crippen LogP contribution in [0.5, 0.6) is 0 Å². The van der Waals surface area contributed by atoms with Crippen LogP contribution in [0.25, 0.3) is 10.9 Å². The van der Waals surface area contributed by atoms with Crippen LogP contribution in [-0.2, 0) is 25.9 Å². The summed E-state index contributed by atoms with van der Waals surface area (Å²) in [5, 5.41) is 18.6. The number of hydrogen-bond donors (Lipinski definition) is 5. The van der Waals surface area contributed by atoms with Crippen molar-refractivity contribution in [3.63, 3.8) is 0 Å². The van der Waals surface area contributed by atoms with Crippen LogP contribution in [0, 0.1) is 6.92 Å². The number of ether oxygens (including phenoxy) is 1. The van der Waals surface area contributed by atoms with E-state index in [0.29, 0.717) is 52.8 Å². The highest BCUT2D eigenvalue weighted by Crippen LogP contribution is 2.36. The Morgan fingerprint density at radius 2 is 1.84 bits per heavy atom. The van der Waals surface area contributed by atoms with Crippen molar-refractivity contribution >= 4 is 44.2 Å². The third kappa shape index (κ3) is 7.15. The number of fused-ring (bicyclic) bond motifs is 1. The lowest BCUT2D eigenvalue weighted by Gasteiger charge is -2.20. The summed E-state index contributed by atoms with van der Waals surface area (Å²) in [6, 6.07) is 13.8. The van der Waals surface area contributed by atoms with Crippen LogP contribution in [0.15, 0.2) is 70.6 Å². The van der Waals surface area contributed by atoms with Gasteiger partial charge in [-0.1, -0.05) is 25.1 Å². The second kappa shape index (κ2) is 13.1. The van der Waals surface area contributed by atoms with E-state index in [1.807, 2.05) is 19.9 Å². The average molecular weight is 634 g/mol. The van der Waals surface area contributed by atoms with Crippen molar-refractivity contribution in [1.82, 2.24) is 15.3 Å². The average Bonchev–Trinajstić information content (AvgIpc) is 3.86. The second-order valence-corrected chi connectivity index (χ2v) is 13.4. The van der Waals surface area contributed by atoms with Crippen LogP contribution in [0.1, 0.15) is 54.0 Å². The molecule has 1 saturated carbocycles. The number of aliphatic carboxylic acids is 1. The number of rotatable bonds is 12. The van der Waals surface area contributed by atoms with E-state index in [4.69, 9.17) is 4.74 Å². The van der Waals surface area contributed by atoms with Crippen LogP contribution in [0.3, 0.4) is 0 Å². The molecule has 0 saturated heterocycles. The minimum Gasteiger partial charge on any atom is -0.479 e. The van der Waals surface area contributed by atoms with Gasteiger partial charge in [0.2, 0.25) is 0 Å². The fourth-order valence-corrected chi connectivity index (χ4v) is 7.18. The molecule has 12 nitrogen and oxygen atoms in total. The SMILES string of the molecule is CNCc1cc(NC(=O)OC[C@H](C)c2ccc(C(Nc3ccc4nc[nH]c(=O)c4c3)C(=O)O)cc2C)ccc1S(=O)(=O)C1CC1. The predicted octanol–water partition coefficient (Wildman–Crippen LogP) is 4.48. The first-order chi connectivity index (χ1) is 21.5. The molecule has 5 N–H and O–H groups in total. The molecule has 0 bridgehead atoms. The van der Waals surface area contributed by atoms with Gasteiger partial charge in [0.15, 0.2) is 15.9 Å². The van der Waals surface area contributed by atoms with Crippen molar-refractivity contribution < 1.29 is 27.9 Å². The Bertz CT molecular complexity index is 1920. The van der Waals surface area contributed by atoms with E-state index in [1.54, 1.807) is 49.5 Å². The molecule has 1 fully saturated rings. The fraction of sp³-hybridized carbons (Fsp3) is 0.312. The van der Waals surface area contributed by atoms with Crippen molar-refractivity contribution in [2.45, 2.75) is 55.3 Å². The zero-order valence-electron chi connectivity index (χ0n) is 25.1. The molecule has 2 atom stereocenters. The number of aromatic amines is 1. The molecule has 5 rings (SSSR count). The van der Waals surface area contributed by atoms with Crippen LogP contribution in [0.4, 0.5) is 16.2 Å². The van der Waals surface area contributed by atoms with Crippen LogP contribution >= 0.6 is 0 Å². The lowest BCUT2D eigenvalue weighted by molar-refractivity contribution is -0.138. The predicted molar refractivity (Wildman–Crippen MR) is 170 cm³/mol. The van der Waals surface area contributed by atoms with Gasteiger partial charge in [-0.2, -0.15) is 0 Å². The normalized spacial score (nSPS) is 14.5. The number of benzene rings is 3. The van der Waals surface area contributed by atoms with Gasteiger partial charge in [-0.3, -0.25) is 10.1 Å². The summed E-state index contributed by atoms with van der Waals surface area (Å²) in [5.41, 5.74) is 3.85. The van der Waals surface area contributed by atoms with E-state index in [2.05, 4.69) is 25.9 Å². The fourth-order valence-electron chi connectivity index (χ4n) is 5.31. The molecular formula is C32H35N5O7S. The number of hydrogen-bond acceptors (Lipinski definition) is 9. The van der Waals surface area contributed by atoms with Crippen molar-refractivity contribution in [2.24, 2.45) is 0 Å². The Kier molecular flexibility index (Phi) is 9.21. The zero-order chi connectivity index (χ0) is 32.3. The Morgan fingerprint density at radius 3 is 2.53 bits per heavy atom. The van der Waals surface area contributed by atoms with Gasteiger partial charge in [0, 0.05) is 23.8 Å². The second-order valence-electron chi connectivity index (χ2n) is 11.2. The number of anilines is 2. The molecule has 1 amide bonds. The summed E-state index contributed by atoms with van der Waals surface area (Å²) in [7, 11) is -1.67. The third-order valence-electron chi connectivity index (χ3n) is 7.76. The number of carboxylic acids is 1. The lowest BCUT2D eigenvalue weighted by atomic mass is 9.93. The quantitative estimate of drug-likeness (QED) is 0.149. The summed E-state index contributed by atoms with van der Waals surface area (Å²) in [4.78, 5) is 43.9. The van der Waals surface area contributed by atoms with E-state index in [0.717, 1.165) is 11.1 Å². The molecule has 13 heteroatoms. The summed E-state index contributed by atoms with van der Waals surface area (Å²) < 4.78 is 31.1. The van der Waals surface area contributed by atoms with E-state index >= 15 is 0 Å². The van der Waals surface area contributed by atoms with Crippen molar-refractivity contribution in [3.8, 4) is 0 Å². The highest BCUT2D eigenvalue weighted by atomic mass is 32.2. The molecule has 1 aliphatic carbocycles. The maximum absolute atomic E-state index is 12.8. The Balaban J connectivity index is 1.23. The molecule has 4 aromatic rings. The molecule has 0 spiro atoms. The molecule has 1 aromatic heterocycles. The van der Waals surface area contributed by atoms with Crippen molar-refractivity contribution in [2.75, 3.05) is 24.3 Å². The van der Waals surface area contributed by atoms with E-state index in [9.17, 15) is 27.9 Å². The number of amides is 1. The minimum atomic E-state index is -3.39. The van der Waals surface area contributed by atoms with Crippen molar-refractivity contribution in [3.05, 3.63) is 93.5 Å². The van der Waals surface area contributed by atoms with Gasteiger partial charge in [0.25, 0.3) is 5.56 Å². The largest absolute Gasteiger partial charge is 0.479 e. The number of carbonyl (C=O) groups excluding carboxylic acids is 1.